The van der Waals surface area contributed by atoms with Crippen LogP contribution in [0.25, 0.3) is 0 Å². The first kappa shape index (κ1) is 15.6. The van der Waals surface area contributed by atoms with Crippen LogP contribution in [-0.4, -0.2) is 23.3 Å². The molecule has 0 saturated heterocycles. The second-order valence-corrected chi connectivity index (χ2v) is 8.99. The minimum atomic E-state index is -0.256. The van der Waals surface area contributed by atoms with Crippen molar-refractivity contribution in [1.29, 1.82) is 0 Å². The van der Waals surface area contributed by atoms with E-state index in [-0.39, 0.29) is 28.6 Å². The largest absolute Gasteiger partial charge is 0.393 e. The van der Waals surface area contributed by atoms with Gasteiger partial charge in [0.15, 0.2) is 5.78 Å². The van der Waals surface area contributed by atoms with E-state index < -0.39 is 0 Å². The number of carbonyl (C=O) groups excluding carboxylic acids is 2. The number of ketones is 1. The van der Waals surface area contributed by atoms with Crippen LogP contribution in [0.15, 0.2) is 11.6 Å². The Kier molecular flexibility index (Phi) is 3.39. The molecule has 0 heterocycles. The summed E-state index contributed by atoms with van der Waals surface area (Å²) in [5.41, 5.74) is 1.22. The Morgan fingerprint density at radius 2 is 2.00 bits per heavy atom. The zero-order valence-corrected chi connectivity index (χ0v) is 14.3. The van der Waals surface area contributed by atoms with Gasteiger partial charge in [0.25, 0.3) is 0 Å². The van der Waals surface area contributed by atoms with Crippen molar-refractivity contribution in [2.75, 3.05) is 0 Å². The Morgan fingerprint density at radius 1 is 1.22 bits per heavy atom. The lowest BCUT2D eigenvalue weighted by Gasteiger charge is -2.59. The molecule has 3 nitrogen and oxygen atoms in total. The third-order valence-electron chi connectivity index (χ3n) is 8.09. The molecule has 4 aliphatic carbocycles. The Morgan fingerprint density at radius 3 is 2.74 bits per heavy atom. The highest BCUT2D eigenvalue weighted by atomic mass is 16.3. The summed E-state index contributed by atoms with van der Waals surface area (Å²) < 4.78 is 0. The number of allylic oxidation sites excluding steroid dienone is 1. The number of hydrogen-bond donors (Lipinski definition) is 1. The van der Waals surface area contributed by atoms with Gasteiger partial charge in [-0.3, -0.25) is 4.79 Å². The molecular formula is C20H28O3. The molecule has 0 radical (unpaired) electrons. The molecule has 0 aromatic heterocycles. The predicted molar refractivity (Wildman–Crippen MR) is 87.7 cm³/mol. The van der Waals surface area contributed by atoms with Gasteiger partial charge in [0, 0.05) is 12.3 Å². The molecule has 4 rings (SSSR count). The van der Waals surface area contributed by atoms with Crippen molar-refractivity contribution in [3.8, 4) is 0 Å². The van der Waals surface area contributed by atoms with Gasteiger partial charge >= 0.3 is 0 Å². The first-order chi connectivity index (χ1) is 10.9. The van der Waals surface area contributed by atoms with Crippen molar-refractivity contribution >= 4 is 12.1 Å². The summed E-state index contributed by atoms with van der Waals surface area (Å²) in [4.78, 5) is 23.8. The van der Waals surface area contributed by atoms with Gasteiger partial charge in [-0.25, -0.2) is 0 Å². The van der Waals surface area contributed by atoms with Crippen LogP contribution in [-0.2, 0) is 9.59 Å². The van der Waals surface area contributed by atoms with Crippen molar-refractivity contribution in [2.24, 2.45) is 34.5 Å². The summed E-state index contributed by atoms with van der Waals surface area (Å²) in [7, 11) is 0. The van der Waals surface area contributed by atoms with Gasteiger partial charge in [-0.15, -0.1) is 0 Å². The molecule has 0 aromatic rings. The topological polar surface area (TPSA) is 54.4 Å². The van der Waals surface area contributed by atoms with Crippen LogP contribution < -0.4 is 0 Å². The molecule has 1 unspecified atom stereocenters. The Hall–Kier alpha value is -0.960. The predicted octanol–water partition coefficient (Wildman–Crippen LogP) is 3.30. The minimum Gasteiger partial charge on any atom is -0.393 e. The van der Waals surface area contributed by atoms with E-state index in [0.29, 0.717) is 24.2 Å². The number of aliphatic hydroxyl groups excluding tert-OH is 1. The fraction of sp³-hybridized carbons (Fsp3) is 0.800. The molecule has 7 atom stereocenters. The van der Waals surface area contributed by atoms with E-state index in [1.54, 1.807) is 0 Å². The first-order valence-electron chi connectivity index (χ1n) is 9.27. The number of fused-ring (bicyclic) bond motifs is 5. The molecule has 3 saturated carbocycles. The molecule has 0 bridgehead atoms. The highest BCUT2D eigenvalue weighted by Gasteiger charge is 2.61. The summed E-state index contributed by atoms with van der Waals surface area (Å²) in [6.07, 6.45) is 9.19. The molecule has 0 aliphatic heterocycles. The van der Waals surface area contributed by atoms with E-state index in [9.17, 15) is 14.7 Å². The second kappa shape index (κ2) is 5.02. The van der Waals surface area contributed by atoms with Crippen LogP contribution in [0.1, 0.15) is 58.8 Å². The maximum absolute atomic E-state index is 12.0. The average Bonchev–Trinajstić information content (AvgIpc) is 2.82. The van der Waals surface area contributed by atoms with E-state index in [4.69, 9.17) is 0 Å². The molecule has 126 valence electrons. The Labute approximate surface area is 138 Å². The summed E-state index contributed by atoms with van der Waals surface area (Å²) >= 11 is 0. The lowest BCUT2D eigenvalue weighted by Crippen LogP contribution is -2.55. The van der Waals surface area contributed by atoms with Crippen LogP contribution in [0.5, 0.6) is 0 Å². The summed E-state index contributed by atoms with van der Waals surface area (Å²) in [5, 5.41) is 10.5. The molecule has 0 amide bonds. The smallest absolute Gasteiger partial charge is 0.155 e. The monoisotopic (exact) mass is 316 g/mol. The summed E-state index contributed by atoms with van der Waals surface area (Å²) in [6, 6.07) is 0. The Balaban J connectivity index is 1.77. The quantitative estimate of drug-likeness (QED) is 0.755. The Bertz CT molecular complexity index is 579. The molecule has 4 aliphatic rings. The zero-order chi connectivity index (χ0) is 16.4. The zero-order valence-electron chi connectivity index (χ0n) is 14.3. The van der Waals surface area contributed by atoms with Crippen molar-refractivity contribution in [2.45, 2.75) is 64.9 Å². The third-order valence-corrected chi connectivity index (χ3v) is 8.09. The first-order valence-corrected chi connectivity index (χ1v) is 9.27. The van der Waals surface area contributed by atoms with Crippen LogP contribution in [0.3, 0.4) is 0 Å². The fourth-order valence-corrected chi connectivity index (χ4v) is 6.93. The van der Waals surface area contributed by atoms with Crippen LogP contribution in [0, 0.1) is 34.5 Å². The molecule has 23 heavy (non-hydrogen) atoms. The van der Waals surface area contributed by atoms with E-state index in [0.717, 1.165) is 44.8 Å². The number of aldehydes is 1. The van der Waals surface area contributed by atoms with E-state index in [2.05, 4.69) is 13.8 Å². The number of rotatable bonds is 1. The molecule has 3 fully saturated rings. The highest BCUT2D eigenvalue weighted by molar-refractivity contribution is 5.91. The van der Waals surface area contributed by atoms with Crippen molar-refractivity contribution in [3.63, 3.8) is 0 Å². The molecular weight excluding hydrogens is 288 g/mol. The van der Waals surface area contributed by atoms with E-state index >= 15 is 0 Å². The van der Waals surface area contributed by atoms with Gasteiger partial charge < -0.3 is 9.90 Å². The van der Waals surface area contributed by atoms with Gasteiger partial charge in [0.05, 0.1) is 6.10 Å². The normalized spacial score (nSPS) is 52.2. The van der Waals surface area contributed by atoms with Crippen LogP contribution >= 0.6 is 0 Å². The molecule has 0 spiro atoms. The maximum Gasteiger partial charge on any atom is 0.155 e. The lowest BCUT2D eigenvalue weighted by molar-refractivity contribution is -0.136. The second-order valence-electron chi connectivity index (χ2n) is 8.99. The number of aliphatic hydroxyl groups is 1. The number of carbonyl (C=O) groups is 2. The third kappa shape index (κ3) is 1.98. The SMILES string of the molecule is C[C@]12CC(C=O)[C@H]3[C@@H](CCC4=CC(=O)CC[C@@]43C)[C@@H]1CC[C@@H]2O. The standard InChI is InChI=1S/C20H28O3/c1-19-8-7-14(22)9-13(19)3-4-15-16-5-6-17(23)20(16,2)10-12(11-21)18(15)19/h9,11-12,15-18,23H,3-8,10H2,1-2H3/t12?,15-,16-,17-,18-,19-,20-/m0/s1. The highest BCUT2D eigenvalue weighted by Crippen LogP contribution is 2.66. The van der Waals surface area contributed by atoms with Gasteiger partial charge in [0.2, 0.25) is 0 Å². The van der Waals surface area contributed by atoms with Crippen molar-refractivity contribution in [3.05, 3.63) is 11.6 Å². The molecule has 0 aromatic carbocycles. The van der Waals surface area contributed by atoms with E-state index in [1.807, 2.05) is 6.08 Å². The van der Waals surface area contributed by atoms with Gasteiger partial charge in [0.1, 0.15) is 6.29 Å². The summed E-state index contributed by atoms with van der Waals surface area (Å²) in [6.45, 7) is 4.51. The summed E-state index contributed by atoms with van der Waals surface area (Å²) in [5.74, 6) is 1.70. The fourth-order valence-electron chi connectivity index (χ4n) is 6.93. The maximum atomic E-state index is 12.0. The van der Waals surface area contributed by atoms with Gasteiger partial charge in [-0.2, -0.15) is 0 Å². The number of hydrogen-bond acceptors (Lipinski definition) is 3. The lowest BCUT2D eigenvalue weighted by atomic mass is 9.44. The molecule has 3 heteroatoms. The van der Waals surface area contributed by atoms with Crippen LogP contribution in [0.2, 0.25) is 0 Å². The van der Waals surface area contributed by atoms with Crippen molar-refractivity contribution < 1.29 is 14.7 Å². The van der Waals surface area contributed by atoms with E-state index in [1.165, 1.54) is 5.57 Å². The minimum absolute atomic E-state index is 0.0112. The van der Waals surface area contributed by atoms with Crippen LogP contribution in [0.4, 0.5) is 0 Å². The average molecular weight is 316 g/mol. The van der Waals surface area contributed by atoms with Gasteiger partial charge in [-0.1, -0.05) is 19.4 Å². The van der Waals surface area contributed by atoms with Gasteiger partial charge in [-0.05, 0) is 73.2 Å². The molecule has 1 N–H and O–H groups in total. The van der Waals surface area contributed by atoms with Crippen molar-refractivity contribution in [1.82, 2.24) is 0 Å².